The highest BCUT2D eigenvalue weighted by Crippen LogP contribution is 2.07. The third-order valence-corrected chi connectivity index (χ3v) is 1.59. The van der Waals surface area contributed by atoms with Gasteiger partial charge >= 0.3 is 0 Å². The van der Waals surface area contributed by atoms with Gasteiger partial charge < -0.3 is 14.8 Å². The Morgan fingerprint density at radius 2 is 1.92 bits per heavy atom. The van der Waals surface area contributed by atoms with E-state index in [0.717, 1.165) is 26.2 Å². The molecule has 0 amide bonds. The van der Waals surface area contributed by atoms with Gasteiger partial charge in [0.25, 0.3) is 0 Å². The van der Waals surface area contributed by atoms with Crippen molar-refractivity contribution in [2.45, 2.75) is 25.9 Å². The molecule has 0 bridgehead atoms. The topological polar surface area (TPSA) is 30.5 Å². The van der Waals surface area contributed by atoms with Crippen molar-refractivity contribution >= 4 is 0 Å². The Balaban J connectivity index is 3.33. The summed E-state index contributed by atoms with van der Waals surface area (Å²) in [6.07, 6.45) is 0.962. The summed E-state index contributed by atoms with van der Waals surface area (Å²) in [5, 5.41) is 3.09. The molecule has 0 spiro atoms. The van der Waals surface area contributed by atoms with Gasteiger partial charge in [-0.1, -0.05) is 0 Å². The SMILES string of the molecule is CNCC(C)(C)OCCCOC. The lowest BCUT2D eigenvalue weighted by Gasteiger charge is -2.24. The molecule has 0 aromatic heterocycles. The van der Waals surface area contributed by atoms with Gasteiger partial charge in [0.1, 0.15) is 0 Å². The van der Waals surface area contributed by atoms with Gasteiger partial charge in [0.2, 0.25) is 0 Å². The number of rotatable bonds is 7. The molecule has 0 aliphatic carbocycles. The van der Waals surface area contributed by atoms with E-state index in [9.17, 15) is 0 Å². The van der Waals surface area contributed by atoms with Crippen LogP contribution in [0.15, 0.2) is 0 Å². The molecule has 0 aromatic rings. The van der Waals surface area contributed by atoms with Crippen molar-refractivity contribution in [3.05, 3.63) is 0 Å². The number of hydrogen-bond acceptors (Lipinski definition) is 3. The summed E-state index contributed by atoms with van der Waals surface area (Å²) in [5.74, 6) is 0. The Hall–Kier alpha value is -0.120. The fraction of sp³-hybridized carbons (Fsp3) is 1.00. The molecule has 0 heterocycles. The number of ether oxygens (including phenoxy) is 2. The maximum absolute atomic E-state index is 5.63. The van der Waals surface area contributed by atoms with Crippen molar-refractivity contribution < 1.29 is 9.47 Å². The molecule has 0 aliphatic rings. The Bertz CT molecular complexity index is 105. The van der Waals surface area contributed by atoms with E-state index in [1.54, 1.807) is 7.11 Å². The normalized spacial score (nSPS) is 12.0. The van der Waals surface area contributed by atoms with Crippen LogP contribution < -0.4 is 5.32 Å². The van der Waals surface area contributed by atoms with Gasteiger partial charge in [-0.05, 0) is 27.3 Å². The van der Waals surface area contributed by atoms with E-state index in [1.165, 1.54) is 0 Å². The molecule has 3 nitrogen and oxygen atoms in total. The Morgan fingerprint density at radius 3 is 2.42 bits per heavy atom. The van der Waals surface area contributed by atoms with Crippen molar-refractivity contribution in [1.29, 1.82) is 0 Å². The van der Waals surface area contributed by atoms with Gasteiger partial charge in [0.05, 0.1) is 5.60 Å². The smallest absolute Gasteiger partial charge is 0.0750 e. The predicted octanol–water partition coefficient (Wildman–Crippen LogP) is 1.04. The molecule has 0 saturated carbocycles. The molecule has 0 fully saturated rings. The van der Waals surface area contributed by atoms with Crippen LogP contribution in [0.3, 0.4) is 0 Å². The first-order valence-corrected chi connectivity index (χ1v) is 4.40. The first-order valence-electron chi connectivity index (χ1n) is 4.40. The van der Waals surface area contributed by atoms with Crippen LogP contribution >= 0.6 is 0 Å². The summed E-state index contributed by atoms with van der Waals surface area (Å²) in [4.78, 5) is 0. The highest BCUT2D eigenvalue weighted by atomic mass is 16.5. The van der Waals surface area contributed by atoms with Crippen molar-refractivity contribution in [1.82, 2.24) is 5.32 Å². The maximum Gasteiger partial charge on any atom is 0.0750 e. The minimum atomic E-state index is -0.0670. The van der Waals surface area contributed by atoms with Crippen LogP contribution in [0.2, 0.25) is 0 Å². The van der Waals surface area contributed by atoms with Crippen LogP contribution in [0.5, 0.6) is 0 Å². The number of methoxy groups -OCH3 is 1. The zero-order chi connectivity index (χ0) is 9.45. The monoisotopic (exact) mass is 175 g/mol. The molecule has 74 valence electrons. The average Bonchev–Trinajstić information content (AvgIpc) is 1.98. The standard InChI is InChI=1S/C9H21NO2/c1-9(2,8-10-3)12-7-5-6-11-4/h10H,5-8H2,1-4H3. The average molecular weight is 175 g/mol. The molecule has 0 aromatic carbocycles. The van der Waals surface area contributed by atoms with Crippen molar-refractivity contribution in [3.63, 3.8) is 0 Å². The minimum Gasteiger partial charge on any atom is -0.385 e. The second-order valence-corrected chi connectivity index (χ2v) is 3.48. The largest absolute Gasteiger partial charge is 0.385 e. The van der Waals surface area contributed by atoms with Crippen LogP contribution in [-0.2, 0) is 9.47 Å². The zero-order valence-electron chi connectivity index (χ0n) is 8.64. The van der Waals surface area contributed by atoms with E-state index in [-0.39, 0.29) is 5.60 Å². The van der Waals surface area contributed by atoms with Crippen molar-refractivity contribution in [2.24, 2.45) is 0 Å². The highest BCUT2D eigenvalue weighted by Gasteiger charge is 2.15. The van der Waals surface area contributed by atoms with E-state index in [0.29, 0.717) is 0 Å². The first kappa shape index (κ1) is 11.9. The summed E-state index contributed by atoms with van der Waals surface area (Å²) in [6.45, 7) is 6.57. The quantitative estimate of drug-likeness (QED) is 0.586. The van der Waals surface area contributed by atoms with Crippen LogP contribution in [0.4, 0.5) is 0 Å². The molecular weight excluding hydrogens is 154 g/mol. The number of hydrogen-bond donors (Lipinski definition) is 1. The molecule has 0 unspecified atom stereocenters. The van der Waals surface area contributed by atoms with Crippen LogP contribution in [-0.4, -0.2) is 39.5 Å². The number of likely N-dealkylation sites (N-methyl/N-ethyl adjacent to an activating group) is 1. The lowest BCUT2D eigenvalue weighted by molar-refractivity contribution is -0.0222. The van der Waals surface area contributed by atoms with E-state index in [2.05, 4.69) is 19.2 Å². The molecule has 0 radical (unpaired) electrons. The molecule has 1 N–H and O–H groups in total. The number of nitrogens with one attached hydrogen (secondary N) is 1. The highest BCUT2D eigenvalue weighted by molar-refractivity contribution is 4.70. The van der Waals surface area contributed by atoms with Crippen molar-refractivity contribution in [3.8, 4) is 0 Å². The minimum absolute atomic E-state index is 0.0670. The van der Waals surface area contributed by atoms with Gasteiger partial charge in [-0.15, -0.1) is 0 Å². The summed E-state index contributed by atoms with van der Waals surface area (Å²) >= 11 is 0. The molecular formula is C9H21NO2. The molecule has 0 atom stereocenters. The molecule has 12 heavy (non-hydrogen) atoms. The zero-order valence-corrected chi connectivity index (χ0v) is 8.64. The molecule has 0 saturated heterocycles. The molecule has 0 rings (SSSR count). The summed E-state index contributed by atoms with van der Waals surface area (Å²) < 4.78 is 10.6. The fourth-order valence-corrected chi connectivity index (χ4v) is 1.03. The third-order valence-electron chi connectivity index (χ3n) is 1.59. The molecule has 3 heteroatoms. The van der Waals surface area contributed by atoms with Gasteiger partial charge in [0.15, 0.2) is 0 Å². The van der Waals surface area contributed by atoms with Crippen LogP contribution in [0, 0.1) is 0 Å². The van der Waals surface area contributed by atoms with E-state index >= 15 is 0 Å². The summed E-state index contributed by atoms with van der Waals surface area (Å²) in [6, 6.07) is 0. The van der Waals surface area contributed by atoms with Gasteiger partial charge in [-0.25, -0.2) is 0 Å². The Morgan fingerprint density at radius 1 is 1.25 bits per heavy atom. The fourth-order valence-electron chi connectivity index (χ4n) is 1.03. The maximum atomic E-state index is 5.63. The first-order chi connectivity index (χ1) is 5.62. The second kappa shape index (κ2) is 6.40. The van der Waals surface area contributed by atoms with Gasteiger partial charge in [0, 0.05) is 26.9 Å². The van der Waals surface area contributed by atoms with Crippen LogP contribution in [0.1, 0.15) is 20.3 Å². The van der Waals surface area contributed by atoms with Gasteiger partial charge in [-0.3, -0.25) is 0 Å². The third kappa shape index (κ3) is 6.58. The Kier molecular flexibility index (Phi) is 6.34. The second-order valence-electron chi connectivity index (χ2n) is 3.48. The lowest BCUT2D eigenvalue weighted by atomic mass is 10.1. The van der Waals surface area contributed by atoms with E-state index in [4.69, 9.17) is 9.47 Å². The van der Waals surface area contributed by atoms with E-state index in [1.807, 2.05) is 7.05 Å². The van der Waals surface area contributed by atoms with E-state index < -0.39 is 0 Å². The van der Waals surface area contributed by atoms with Gasteiger partial charge in [-0.2, -0.15) is 0 Å². The van der Waals surface area contributed by atoms with Crippen LogP contribution in [0.25, 0.3) is 0 Å². The predicted molar refractivity (Wildman–Crippen MR) is 50.5 cm³/mol. The molecule has 0 aliphatic heterocycles. The Labute approximate surface area is 75.4 Å². The van der Waals surface area contributed by atoms with Crippen molar-refractivity contribution in [2.75, 3.05) is 33.9 Å². The lowest BCUT2D eigenvalue weighted by Crippen LogP contribution is -2.36. The summed E-state index contributed by atoms with van der Waals surface area (Å²) in [7, 11) is 3.64. The summed E-state index contributed by atoms with van der Waals surface area (Å²) in [5.41, 5.74) is -0.0670.